The van der Waals surface area contributed by atoms with E-state index in [1.165, 1.54) is 0 Å². The number of fused-ring (bicyclic) bond motifs is 1. The van der Waals surface area contributed by atoms with Gasteiger partial charge in [-0.3, -0.25) is 19.4 Å². The Balaban J connectivity index is 0.00000225. The lowest BCUT2D eigenvalue weighted by Gasteiger charge is -2.43. The molecule has 2 aromatic carbocycles. The van der Waals surface area contributed by atoms with E-state index in [2.05, 4.69) is 5.32 Å². The average molecular weight is 402 g/mol. The number of hydrogen-bond donors (Lipinski definition) is 1. The number of benzene rings is 2. The summed E-state index contributed by atoms with van der Waals surface area (Å²) in [5.41, 5.74) is 1.98. The van der Waals surface area contributed by atoms with Crippen molar-refractivity contribution in [3.05, 3.63) is 60.2 Å². The minimum atomic E-state index is -0.418. The monoisotopic (exact) mass is 401 g/mol. The van der Waals surface area contributed by atoms with E-state index < -0.39 is 6.17 Å². The third-order valence-corrected chi connectivity index (χ3v) is 5.07. The lowest BCUT2D eigenvalue weighted by atomic mass is 10.0. The van der Waals surface area contributed by atoms with E-state index >= 15 is 0 Å². The van der Waals surface area contributed by atoms with Crippen LogP contribution in [-0.4, -0.2) is 43.8 Å². The molecular formula is C21H24ClN3O3. The average Bonchev–Trinajstić information content (AvgIpc) is 2.70. The Kier molecular flexibility index (Phi) is 6.34. The molecule has 148 valence electrons. The summed E-state index contributed by atoms with van der Waals surface area (Å²) in [4.78, 5) is 29.7. The van der Waals surface area contributed by atoms with Gasteiger partial charge in [0.2, 0.25) is 5.91 Å². The maximum Gasteiger partial charge on any atom is 0.262 e. The molecule has 2 aromatic rings. The number of ether oxygens (including phenoxy) is 1. The van der Waals surface area contributed by atoms with Gasteiger partial charge in [-0.2, -0.15) is 0 Å². The van der Waals surface area contributed by atoms with Crippen molar-refractivity contribution in [3.8, 4) is 0 Å². The highest BCUT2D eigenvalue weighted by molar-refractivity contribution is 6.15. The van der Waals surface area contributed by atoms with Crippen molar-refractivity contribution < 1.29 is 14.3 Å². The van der Waals surface area contributed by atoms with Crippen LogP contribution in [0.25, 0.3) is 0 Å². The molecule has 2 heterocycles. The number of carbonyl (C=O) groups excluding carboxylic acids is 2. The zero-order chi connectivity index (χ0) is 18.8. The van der Waals surface area contributed by atoms with Gasteiger partial charge < -0.3 is 10.1 Å². The van der Waals surface area contributed by atoms with Gasteiger partial charge in [-0.1, -0.05) is 30.3 Å². The highest BCUT2D eigenvalue weighted by Gasteiger charge is 2.39. The summed E-state index contributed by atoms with van der Waals surface area (Å²) in [6, 6.07) is 16.8. The van der Waals surface area contributed by atoms with E-state index in [1.807, 2.05) is 55.5 Å². The predicted molar refractivity (Wildman–Crippen MR) is 111 cm³/mol. The van der Waals surface area contributed by atoms with Crippen LogP contribution in [-0.2, 0) is 9.53 Å². The molecule has 2 amide bonds. The lowest BCUT2D eigenvalue weighted by Crippen LogP contribution is -2.57. The number of morpholine rings is 1. The molecule has 1 N–H and O–H groups in total. The standard InChI is InChI=1S/C21H23N3O3.ClH/c1-15-23(16-7-3-2-4-8-16)21(26)18-9-5-6-10-19(18)24(15)20(25)13-17-14-22-11-12-27-17;/h2-10,15,17,22H,11-14H2,1H3;1H. The fourth-order valence-corrected chi connectivity index (χ4v) is 3.79. The molecule has 28 heavy (non-hydrogen) atoms. The number of nitrogens with one attached hydrogen (secondary N) is 1. The largest absolute Gasteiger partial charge is 0.375 e. The maximum atomic E-state index is 13.2. The zero-order valence-corrected chi connectivity index (χ0v) is 16.5. The van der Waals surface area contributed by atoms with Crippen LogP contribution in [0.15, 0.2) is 54.6 Å². The Morgan fingerprint density at radius 2 is 1.86 bits per heavy atom. The van der Waals surface area contributed by atoms with Crippen molar-refractivity contribution >= 4 is 35.6 Å². The van der Waals surface area contributed by atoms with Gasteiger partial charge >= 0.3 is 0 Å². The summed E-state index contributed by atoms with van der Waals surface area (Å²) < 4.78 is 5.70. The van der Waals surface area contributed by atoms with Crippen LogP contribution in [0.4, 0.5) is 11.4 Å². The molecule has 2 atom stereocenters. The Labute approximate surface area is 170 Å². The SMILES string of the molecule is CC1N(c2ccccc2)C(=O)c2ccccc2N1C(=O)CC1CNCCO1.Cl. The van der Waals surface area contributed by atoms with E-state index in [0.29, 0.717) is 24.4 Å². The van der Waals surface area contributed by atoms with Crippen molar-refractivity contribution in [3.63, 3.8) is 0 Å². The van der Waals surface area contributed by atoms with Gasteiger partial charge in [-0.15, -0.1) is 12.4 Å². The number of nitrogens with zero attached hydrogens (tertiary/aromatic N) is 2. The number of rotatable bonds is 3. The van der Waals surface area contributed by atoms with Gasteiger partial charge in [0.05, 0.1) is 30.4 Å². The Hall–Kier alpha value is -2.41. The fraction of sp³-hybridized carbons (Fsp3) is 0.333. The van der Waals surface area contributed by atoms with Gasteiger partial charge in [-0.25, -0.2) is 0 Å². The van der Waals surface area contributed by atoms with E-state index in [1.54, 1.807) is 15.9 Å². The molecule has 0 aromatic heterocycles. The van der Waals surface area contributed by atoms with E-state index in [0.717, 1.165) is 12.2 Å². The number of para-hydroxylation sites is 2. The number of carbonyl (C=O) groups is 2. The number of halogens is 1. The van der Waals surface area contributed by atoms with Crippen LogP contribution in [0.3, 0.4) is 0 Å². The highest BCUT2D eigenvalue weighted by atomic mass is 35.5. The molecule has 0 saturated carbocycles. The quantitative estimate of drug-likeness (QED) is 0.859. The van der Waals surface area contributed by atoms with Gasteiger partial charge in [-0.05, 0) is 31.2 Å². The summed E-state index contributed by atoms with van der Waals surface area (Å²) in [5, 5.41) is 3.25. The second-order valence-corrected chi connectivity index (χ2v) is 6.82. The molecule has 0 radical (unpaired) electrons. The summed E-state index contributed by atoms with van der Waals surface area (Å²) in [7, 11) is 0. The van der Waals surface area contributed by atoms with Crippen molar-refractivity contribution in [1.82, 2.24) is 5.32 Å². The topological polar surface area (TPSA) is 61.9 Å². The lowest BCUT2D eigenvalue weighted by molar-refractivity contribution is -0.122. The smallest absolute Gasteiger partial charge is 0.262 e. The molecular weight excluding hydrogens is 378 g/mol. The molecule has 6 nitrogen and oxygen atoms in total. The summed E-state index contributed by atoms with van der Waals surface area (Å²) in [6.07, 6.45) is -0.282. The Morgan fingerprint density at radius 1 is 1.14 bits per heavy atom. The van der Waals surface area contributed by atoms with Gasteiger partial charge in [0, 0.05) is 18.8 Å². The first-order valence-electron chi connectivity index (χ1n) is 9.29. The molecule has 4 rings (SSSR count). The van der Waals surface area contributed by atoms with Crippen molar-refractivity contribution in [2.45, 2.75) is 25.6 Å². The molecule has 2 aliphatic heterocycles. The first-order chi connectivity index (χ1) is 13.2. The molecule has 2 aliphatic rings. The first-order valence-corrected chi connectivity index (χ1v) is 9.29. The third kappa shape index (κ3) is 3.76. The van der Waals surface area contributed by atoms with Crippen LogP contribution in [0.1, 0.15) is 23.7 Å². The van der Waals surface area contributed by atoms with E-state index in [4.69, 9.17) is 4.74 Å². The molecule has 0 spiro atoms. The number of anilines is 2. The number of hydrogen-bond acceptors (Lipinski definition) is 4. The number of amides is 2. The maximum absolute atomic E-state index is 13.2. The molecule has 7 heteroatoms. The predicted octanol–water partition coefficient (Wildman–Crippen LogP) is 2.83. The first kappa shape index (κ1) is 20.3. The van der Waals surface area contributed by atoms with Gasteiger partial charge in [0.15, 0.2) is 0 Å². The van der Waals surface area contributed by atoms with Crippen molar-refractivity contribution in [1.29, 1.82) is 0 Å². The van der Waals surface area contributed by atoms with Crippen LogP contribution in [0.2, 0.25) is 0 Å². The minimum absolute atomic E-state index is 0. The van der Waals surface area contributed by atoms with Crippen LogP contribution in [0, 0.1) is 0 Å². The van der Waals surface area contributed by atoms with Crippen molar-refractivity contribution in [2.75, 3.05) is 29.5 Å². The fourth-order valence-electron chi connectivity index (χ4n) is 3.79. The molecule has 1 fully saturated rings. The second kappa shape index (κ2) is 8.73. The normalized spacial score (nSPS) is 21.7. The second-order valence-electron chi connectivity index (χ2n) is 6.82. The summed E-state index contributed by atoms with van der Waals surface area (Å²) in [5.74, 6) is -0.138. The van der Waals surface area contributed by atoms with Gasteiger partial charge in [0.25, 0.3) is 5.91 Å². The Bertz CT molecular complexity index is 840. The van der Waals surface area contributed by atoms with Crippen LogP contribution < -0.4 is 15.1 Å². The minimum Gasteiger partial charge on any atom is -0.375 e. The van der Waals surface area contributed by atoms with Gasteiger partial charge in [0.1, 0.15) is 6.17 Å². The molecule has 2 unspecified atom stereocenters. The van der Waals surface area contributed by atoms with Crippen molar-refractivity contribution in [2.24, 2.45) is 0 Å². The molecule has 0 aliphatic carbocycles. The third-order valence-electron chi connectivity index (χ3n) is 5.07. The molecule has 0 bridgehead atoms. The zero-order valence-electron chi connectivity index (χ0n) is 15.7. The Morgan fingerprint density at radius 3 is 2.57 bits per heavy atom. The summed E-state index contributed by atoms with van der Waals surface area (Å²) >= 11 is 0. The van der Waals surface area contributed by atoms with Crippen LogP contribution in [0.5, 0.6) is 0 Å². The van der Waals surface area contributed by atoms with E-state index in [-0.39, 0.29) is 36.7 Å². The van der Waals surface area contributed by atoms with Crippen LogP contribution >= 0.6 is 12.4 Å². The highest BCUT2D eigenvalue weighted by Crippen LogP contribution is 2.34. The summed E-state index contributed by atoms with van der Waals surface area (Å²) in [6.45, 7) is 3.97. The molecule has 1 saturated heterocycles. The van der Waals surface area contributed by atoms with E-state index in [9.17, 15) is 9.59 Å².